The maximum atomic E-state index is 6.47. The van der Waals surface area contributed by atoms with Crippen LogP contribution in [0.25, 0.3) is 27.1 Å². The number of rotatable bonds is 4. The molecular formula is C29H23NS. The van der Waals surface area contributed by atoms with Crippen LogP contribution in [0, 0.1) is 0 Å². The summed E-state index contributed by atoms with van der Waals surface area (Å²) < 4.78 is 0. The molecule has 0 atom stereocenters. The van der Waals surface area contributed by atoms with Crippen molar-refractivity contribution >= 4 is 45.4 Å². The van der Waals surface area contributed by atoms with E-state index in [1.54, 1.807) is 0 Å². The first kappa shape index (κ1) is 19.5. The molecule has 1 nitrogen and oxygen atoms in total. The number of anilines is 1. The van der Waals surface area contributed by atoms with Crippen LogP contribution >= 0.6 is 12.6 Å². The van der Waals surface area contributed by atoms with E-state index < -0.39 is 0 Å². The molecule has 0 saturated heterocycles. The predicted octanol–water partition coefficient (Wildman–Crippen LogP) is 7.54. The number of hydrogen-bond donors (Lipinski definition) is 2. The van der Waals surface area contributed by atoms with E-state index in [2.05, 4.69) is 116 Å². The van der Waals surface area contributed by atoms with Crippen LogP contribution in [0.4, 0.5) is 5.69 Å². The van der Waals surface area contributed by atoms with E-state index in [0.717, 1.165) is 33.2 Å². The van der Waals surface area contributed by atoms with Gasteiger partial charge in [0.1, 0.15) is 0 Å². The minimum atomic E-state index is 0.734. The molecule has 0 amide bonds. The highest BCUT2D eigenvalue weighted by atomic mass is 32.1. The summed E-state index contributed by atoms with van der Waals surface area (Å²) in [5, 5.41) is 4.56. The molecule has 31 heavy (non-hydrogen) atoms. The molecule has 2 heteroatoms. The fourth-order valence-corrected chi connectivity index (χ4v) is 4.46. The lowest BCUT2D eigenvalue weighted by atomic mass is 9.90. The number of nitrogen functional groups attached to an aromatic ring is 1. The molecule has 0 aliphatic rings. The van der Waals surface area contributed by atoms with E-state index in [4.69, 9.17) is 5.73 Å². The van der Waals surface area contributed by atoms with Crippen LogP contribution in [-0.4, -0.2) is 0 Å². The third-order valence-corrected chi connectivity index (χ3v) is 6.21. The van der Waals surface area contributed by atoms with Crippen LogP contribution in [0.1, 0.15) is 16.7 Å². The molecule has 0 aliphatic heterocycles. The Hall–Kier alpha value is -3.49. The van der Waals surface area contributed by atoms with E-state index in [-0.39, 0.29) is 0 Å². The van der Waals surface area contributed by atoms with E-state index in [9.17, 15) is 0 Å². The minimum absolute atomic E-state index is 0.734. The number of benzene rings is 5. The molecule has 0 bridgehead atoms. The van der Waals surface area contributed by atoms with Crippen LogP contribution < -0.4 is 5.73 Å². The summed E-state index contributed by atoms with van der Waals surface area (Å²) in [6, 6.07) is 36.1. The highest BCUT2D eigenvalue weighted by molar-refractivity contribution is 7.80. The van der Waals surface area contributed by atoms with Crippen molar-refractivity contribution in [3.63, 3.8) is 0 Å². The fourth-order valence-electron chi connectivity index (χ4n) is 4.27. The van der Waals surface area contributed by atoms with E-state index >= 15 is 0 Å². The smallest absolute Gasteiger partial charge is 0.0535 e. The van der Waals surface area contributed by atoms with E-state index in [1.165, 1.54) is 27.6 Å². The number of allylic oxidation sites excluding steroid dienone is 1. The zero-order valence-electron chi connectivity index (χ0n) is 17.1. The van der Waals surface area contributed by atoms with Gasteiger partial charge in [0.15, 0.2) is 0 Å². The first-order valence-corrected chi connectivity index (χ1v) is 10.9. The van der Waals surface area contributed by atoms with Crippen LogP contribution in [0.2, 0.25) is 0 Å². The number of nitrogens with two attached hydrogens (primary N) is 1. The van der Waals surface area contributed by atoms with Crippen molar-refractivity contribution in [2.45, 2.75) is 11.3 Å². The second-order valence-electron chi connectivity index (χ2n) is 7.74. The standard InChI is InChI=1S/C29H23NS/c30-29-27(31)19-16-22-15-18-25-24(12-7-13-26(25)28(22)29)23(21-10-5-2-6-11-21)17-14-20-8-3-1-4-9-20/h1-13,15-19,31H,14,30H2/b23-17-. The average Bonchev–Trinajstić information content (AvgIpc) is 2.82. The molecule has 5 rings (SSSR count). The van der Waals surface area contributed by atoms with Crippen LogP contribution in [0.15, 0.2) is 114 Å². The number of hydrogen-bond acceptors (Lipinski definition) is 2. The van der Waals surface area contributed by atoms with Gasteiger partial charge in [-0.3, -0.25) is 0 Å². The highest BCUT2D eigenvalue weighted by Crippen LogP contribution is 2.37. The molecule has 150 valence electrons. The summed E-state index contributed by atoms with van der Waals surface area (Å²) in [7, 11) is 0. The van der Waals surface area contributed by atoms with Crippen LogP contribution in [-0.2, 0) is 6.42 Å². The maximum Gasteiger partial charge on any atom is 0.0535 e. The summed E-state index contributed by atoms with van der Waals surface area (Å²) in [6.07, 6.45) is 3.21. The summed E-state index contributed by atoms with van der Waals surface area (Å²) >= 11 is 4.56. The van der Waals surface area contributed by atoms with Gasteiger partial charge >= 0.3 is 0 Å². The first-order chi connectivity index (χ1) is 15.2. The number of thiol groups is 1. The van der Waals surface area contributed by atoms with Gasteiger partial charge in [-0.25, -0.2) is 0 Å². The van der Waals surface area contributed by atoms with Gasteiger partial charge in [-0.2, -0.15) is 0 Å². The lowest BCUT2D eigenvalue weighted by molar-refractivity contribution is 1.27. The third kappa shape index (κ3) is 3.71. The van der Waals surface area contributed by atoms with E-state index in [0.29, 0.717) is 0 Å². The van der Waals surface area contributed by atoms with Crippen molar-refractivity contribution in [2.75, 3.05) is 5.73 Å². The lowest BCUT2D eigenvalue weighted by Crippen LogP contribution is -1.94. The third-order valence-electron chi connectivity index (χ3n) is 5.82. The minimum Gasteiger partial charge on any atom is -0.397 e. The van der Waals surface area contributed by atoms with Crippen molar-refractivity contribution in [1.82, 2.24) is 0 Å². The molecule has 0 spiro atoms. The van der Waals surface area contributed by atoms with Gasteiger partial charge in [0.25, 0.3) is 0 Å². The first-order valence-electron chi connectivity index (χ1n) is 10.4. The van der Waals surface area contributed by atoms with Gasteiger partial charge < -0.3 is 5.73 Å². The molecule has 0 radical (unpaired) electrons. The fraction of sp³-hybridized carbons (Fsp3) is 0.0345. The molecule has 0 heterocycles. The molecule has 0 aromatic heterocycles. The molecule has 2 N–H and O–H groups in total. The Morgan fingerprint density at radius 3 is 2.19 bits per heavy atom. The summed E-state index contributed by atoms with van der Waals surface area (Å²) in [5.41, 5.74) is 12.2. The van der Waals surface area contributed by atoms with Crippen LogP contribution in [0.3, 0.4) is 0 Å². The van der Waals surface area contributed by atoms with Gasteiger partial charge in [-0.1, -0.05) is 103 Å². The van der Waals surface area contributed by atoms with E-state index in [1.807, 2.05) is 6.07 Å². The van der Waals surface area contributed by atoms with Crippen molar-refractivity contribution in [2.24, 2.45) is 0 Å². The van der Waals surface area contributed by atoms with Crippen molar-refractivity contribution < 1.29 is 0 Å². The molecule has 5 aromatic carbocycles. The Labute approximate surface area is 188 Å². The topological polar surface area (TPSA) is 26.0 Å². The van der Waals surface area contributed by atoms with Gasteiger partial charge in [0.05, 0.1) is 5.69 Å². The quantitative estimate of drug-likeness (QED) is 0.176. The normalized spacial score (nSPS) is 11.8. The van der Waals surface area contributed by atoms with Gasteiger partial charge in [-0.05, 0) is 50.9 Å². The average molecular weight is 418 g/mol. The molecular weight excluding hydrogens is 394 g/mol. The Balaban J connectivity index is 1.75. The molecule has 0 aliphatic carbocycles. The molecule has 5 aromatic rings. The molecule has 0 saturated carbocycles. The molecule has 0 unspecified atom stereocenters. The lowest BCUT2D eigenvalue weighted by Gasteiger charge is -2.15. The Morgan fingerprint density at radius 1 is 0.710 bits per heavy atom. The zero-order valence-corrected chi connectivity index (χ0v) is 18.0. The summed E-state index contributed by atoms with van der Waals surface area (Å²) in [6.45, 7) is 0. The van der Waals surface area contributed by atoms with Crippen molar-refractivity contribution in [1.29, 1.82) is 0 Å². The summed E-state index contributed by atoms with van der Waals surface area (Å²) in [4.78, 5) is 0.813. The maximum absolute atomic E-state index is 6.47. The van der Waals surface area contributed by atoms with Crippen molar-refractivity contribution in [3.8, 4) is 0 Å². The number of fused-ring (bicyclic) bond motifs is 3. The summed E-state index contributed by atoms with van der Waals surface area (Å²) in [5.74, 6) is 0. The Bertz CT molecular complexity index is 1400. The van der Waals surface area contributed by atoms with Gasteiger partial charge in [-0.15, -0.1) is 12.6 Å². The largest absolute Gasteiger partial charge is 0.397 e. The molecule has 0 fully saturated rings. The predicted molar refractivity (Wildman–Crippen MR) is 137 cm³/mol. The second-order valence-corrected chi connectivity index (χ2v) is 8.22. The highest BCUT2D eigenvalue weighted by Gasteiger charge is 2.13. The monoisotopic (exact) mass is 417 g/mol. The van der Waals surface area contributed by atoms with Crippen molar-refractivity contribution in [3.05, 3.63) is 126 Å². The van der Waals surface area contributed by atoms with Gasteiger partial charge in [0.2, 0.25) is 0 Å². The Morgan fingerprint density at radius 2 is 1.42 bits per heavy atom. The SMILES string of the molecule is Nc1c(S)ccc2ccc3c(/C(=C\Cc4ccccc4)c4ccccc4)cccc3c12. The Kier molecular flexibility index (Phi) is 5.23. The second kappa shape index (κ2) is 8.33. The van der Waals surface area contributed by atoms with Gasteiger partial charge in [0, 0.05) is 10.3 Å². The van der Waals surface area contributed by atoms with Crippen LogP contribution in [0.5, 0.6) is 0 Å². The zero-order chi connectivity index (χ0) is 21.2.